The van der Waals surface area contributed by atoms with Crippen molar-refractivity contribution in [1.82, 2.24) is 0 Å². The molecule has 0 aliphatic heterocycles. The minimum atomic E-state index is -0.332. The van der Waals surface area contributed by atoms with E-state index in [0.29, 0.717) is 5.56 Å². The molecular formula is C9H10FN3. The van der Waals surface area contributed by atoms with Gasteiger partial charge in [0.05, 0.1) is 11.5 Å². The summed E-state index contributed by atoms with van der Waals surface area (Å²) < 4.78 is 12.5. The van der Waals surface area contributed by atoms with Crippen molar-refractivity contribution in [2.45, 2.75) is 0 Å². The lowest BCUT2D eigenvalue weighted by atomic mass is 10.1. The summed E-state index contributed by atoms with van der Waals surface area (Å²) in [5, 5.41) is 7.47. The van der Waals surface area contributed by atoms with Crippen molar-refractivity contribution in [2.24, 2.45) is 11.5 Å². The molecule has 0 spiro atoms. The Morgan fingerprint density at radius 3 is 2.23 bits per heavy atom. The first-order valence-electron chi connectivity index (χ1n) is 3.67. The molecule has 0 saturated heterocycles. The number of hydrogen-bond donors (Lipinski definition) is 3. The summed E-state index contributed by atoms with van der Waals surface area (Å²) in [6.07, 6.45) is 1.31. The van der Waals surface area contributed by atoms with E-state index in [9.17, 15) is 4.39 Å². The molecule has 0 fully saturated rings. The highest BCUT2D eigenvalue weighted by Gasteiger charge is 1.98. The molecule has 0 aromatic heterocycles. The minimum Gasteiger partial charge on any atom is -0.386 e. The van der Waals surface area contributed by atoms with Crippen molar-refractivity contribution in [3.63, 3.8) is 0 Å². The Labute approximate surface area is 75.4 Å². The molecule has 1 rings (SSSR count). The Morgan fingerprint density at radius 2 is 1.77 bits per heavy atom. The fraction of sp³-hybridized carbons (Fsp3) is 0. The Hall–Kier alpha value is -1.84. The molecule has 68 valence electrons. The van der Waals surface area contributed by atoms with Crippen LogP contribution in [-0.4, -0.2) is 5.71 Å². The largest absolute Gasteiger partial charge is 0.386 e. The number of nitrogens with one attached hydrogen (secondary N) is 1. The van der Waals surface area contributed by atoms with Crippen molar-refractivity contribution < 1.29 is 4.39 Å². The smallest absolute Gasteiger partial charge is 0.123 e. The van der Waals surface area contributed by atoms with Crippen LogP contribution in [0.2, 0.25) is 0 Å². The summed E-state index contributed by atoms with van der Waals surface area (Å²) in [5.74, 6) is -0.268. The summed E-state index contributed by atoms with van der Waals surface area (Å²) in [6, 6.07) is 5.56. The normalized spacial score (nSPS) is 9.31. The topological polar surface area (TPSA) is 75.9 Å². The Morgan fingerprint density at radius 1 is 1.23 bits per heavy atom. The number of allylic oxidation sites excluding steroid dienone is 1. The number of halogens is 1. The highest BCUT2D eigenvalue weighted by atomic mass is 19.1. The molecule has 0 amide bonds. The van der Waals surface area contributed by atoms with Crippen molar-refractivity contribution in [3.05, 3.63) is 47.5 Å². The van der Waals surface area contributed by atoms with E-state index in [1.54, 1.807) is 0 Å². The quantitative estimate of drug-likeness (QED) is 0.591. The molecule has 1 aromatic rings. The lowest BCUT2D eigenvalue weighted by molar-refractivity contribution is 0.628. The van der Waals surface area contributed by atoms with E-state index in [4.69, 9.17) is 16.9 Å². The number of nitrogens with two attached hydrogens (primary N) is 2. The van der Waals surface area contributed by atoms with Crippen molar-refractivity contribution in [3.8, 4) is 0 Å². The molecule has 0 bridgehead atoms. The molecule has 1 aromatic carbocycles. The van der Waals surface area contributed by atoms with Crippen LogP contribution in [0.4, 0.5) is 4.39 Å². The molecule has 0 unspecified atom stereocenters. The van der Waals surface area contributed by atoms with Crippen LogP contribution in [0.5, 0.6) is 0 Å². The van der Waals surface area contributed by atoms with Crippen LogP contribution < -0.4 is 11.5 Å². The Kier molecular flexibility index (Phi) is 2.64. The second kappa shape index (κ2) is 3.71. The van der Waals surface area contributed by atoms with Gasteiger partial charge < -0.3 is 16.9 Å². The summed E-state index contributed by atoms with van der Waals surface area (Å²) >= 11 is 0. The van der Waals surface area contributed by atoms with Gasteiger partial charge in [-0.2, -0.15) is 0 Å². The van der Waals surface area contributed by atoms with Gasteiger partial charge in [0.1, 0.15) is 5.82 Å². The maximum atomic E-state index is 12.5. The van der Waals surface area contributed by atoms with E-state index < -0.39 is 0 Å². The fourth-order valence-electron chi connectivity index (χ4n) is 0.879. The molecule has 0 heterocycles. The second-order valence-corrected chi connectivity index (χ2v) is 2.56. The first-order valence-corrected chi connectivity index (χ1v) is 3.67. The molecule has 13 heavy (non-hydrogen) atoms. The van der Waals surface area contributed by atoms with Crippen LogP contribution in [0.15, 0.2) is 36.2 Å². The van der Waals surface area contributed by atoms with Gasteiger partial charge in [-0.15, -0.1) is 0 Å². The van der Waals surface area contributed by atoms with Crippen LogP contribution >= 0.6 is 0 Å². The fourth-order valence-corrected chi connectivity index (χ4v) is 0.879. The maximum absolute atomic E-state index is 12.5. The van der Waals surface area contributed by atoms with Gasteiger partial charge in [0.15, 0.2) is 0 Å². The summed E-state index contributed by atoms with van der Waals surface area (Å²) in [4.78, 5) is 0. The molecule has 3 nitrogen and oxygen atoms in total. The third kappa shape index (κ3) is 2.59. The summed E-state index contributed by atoms with van der Waals surface area (Å²) in [5.41, 5.74) is 11.1. The van der Waals surface area contributed by atoms with E-state index >= 15 is 0 Å². The zero-order chi connectivity index (χ0) is 9.84. The van der Waals surface area contributed by atoms with Crippen LogP contribution in [0, 0.1) is 11.2 Å². The average Bonchev–Trinajstić information content (AvgIpc) is 2.04. The molecule has 5 N–H and O–H groups in total. The number of rotatable bonds is 2. The predicted molar refractivity (Wildman–Crippen MR) is 49.7 cm³/mol. The first-order chi connectivity index (χ1) is 6.09. The number of hydrogen-bond acceptors (Lipinski definition) is 3. The van der Waals surface area contributed by atoms with Gasteiger partial charge in [0, 0.05) is 6.08 Å². The zero-order valence-electron chi connectivity index (χ0n) is 6.92. The molecule has 0 radical (unpaired) electrons. The summed E-state index contributed by atoms with van der Waals surface area (Å²) in [6.45, 7) is 0. The lowest BCUT2D eigenvalue weighted by Gasteiger charge is -1.98. The highest BCUT2D eigenvalue weighted by Crippen LogP contribution is 2.04. The van der Waals surface area contributed by atoms with Crippen LogP contribution in [0.3, 0.4) is 0 Å². The number of benzene rings is 1. The molecule has 0 aliphatic rings. The van der Waals surface area contributed by atoms with Gasteiger partial charge in [0.2, 0.25) is 0 Å². The Balaban J connectivity index is 2.90. The maximum Gasteiger partial charge on any atom is 0.123 e. The predicted octanol–water partition coefficient (Wildman–Crippen LogP) is 0.952. The van der Waals surface area contributed by atoms with Crippen LogP contribution in [-0.2, 0) is 0 Å². The van der Waals surface area contributed by atoms with Gasteiger partial charge in [0.25, 0.3) is 0 Å². The van der Waals surface area contributed by atoms with Crippen LogP contribution in [0.1, 0.15) is 5.56 Å². The molecule has 0 saturated carbocycles. The SMILES string of the molecule is N=C(C=C(N)N)c1ccc(F)cc1. The Bertz CT molecular complexity index is 336. The lowest BCUT2D eigenvalue weighted by Crippen LogP contribution is -2.10. The molecule has 0 aliphatic carbocycles. The standard InChI is InChI=1S/C9H10FN3/c10-7-3-1-6(2-4-7)8(11)5-9(12)13/h1-5,11H,12-13H2. The van der Waals surface area contributed by atoms with E-state index in [0.717, 1.165) is 0 Å². The molecule has 4 heteroatoms. The minimum absolute atomic E-state index is 0.0642. The van der Waals surface area contributed by atoms with E-state index in [2.05, 4.69) is 0 Å². The average molecular weight is 179 g/mol. The third-order valence-electron chi connectivity index (χ3n) is 1.47. The van der Waals surface area contributed by atoms with Gasteiger partial charge in [-0.25, -0.2) is 4.39 Å². The van der Waals surface area contributed by atoms with E-state index in [-0.39, 0.29) is 17.3 Å². The van der Waals surface area contributed by atoms with E-state index in [1.165, 1.54) is 30.3 Å². The highest BCUT2D eigenvalue weighted by molar-refractivity contribution is 6.06. The molecule has 0 atom stereocenters. The van der Waals surface area contributed by atoms with E-state index in [1.807, 2.05) is 0 Å². The van der Waals surface area contributed by atoms with Crippen LogP contribution in [0.25, 0.3) is 0 Å². The van der Waals surface area contributed by atoms with Crippen molar-refractivity contribution in [2.75, 3.05) is 0 Å². The second-order valence-electron chi connectivity index (χ2n) is 2.56. The van der Waals surface area contributed by atoms with Crippen molar-refractivity contribution >= 4 is 5.71 Å². The molecular weight excluding hydrogens is 169 g/mol. The first kappa shape index (κ1) is 9.25. The summed E-state index contributed by atoms with van der Waals surface area (Å²) in [7, 11) is 0. The third-order valence-corrected chi connectivity index (χ3v) is 1.47. The monoisotopic (exact) mass is 179 g/mol. The van der Waals surface area contributed by atoms with Gasteiger partial charge in [-0.3, -0.25) is 0 Å². The van der Waals surface area contributed by atoms with Gasteiger partial charge in [-0.1, -0.05) is 0 Å². The van der Waals surface area contributed by atoms with Gasteiger partial charge >= 0.3 is 0 Å². The zero-order valence-corrected chi connectivity index (χ0v) is 6.92. The van der Waals surface area contributed by atoms with Crippen molar-refractivity contribution in [1.29, 1.82) is 5.41 Å². The van der Waals surface area contributed by atoms with Gasteiger partial charge in [-0.05, 0) is 29.8 Å².